The van der Waals surface area contributed by atoms with E-state index in [4.69, 9.17) is 16.3 Å². The Hall–Kier alpha value is -0.760. The van der Waals surface area contributed by atoms with Gasteiger partial charge in [0.1, 0.15) is 0 Å². The first-order chi connectivity index (χ1) is 8.13. The van der Waals surface area contributed by atoms with Crippen molar-refractivity contribution < 1.29 is 9.53 Å². The van der Waals surface area contributed by atoms with E-state index < -0.39 is 0 Å². The van der Waals surface area contributed by atoms with Gasteiger partial charge in [-0.2, -0.15) is 0 Å². The van der Waals surface area contributed by atoms with E-state index >= 15 is 0 Å². The van der Waals surface area contributed by atoms with Gasteiger partial charge in [0.05, 0.1) is 6.61 Å². The number of halogens is 1. The first-order valence-electron chi connectivity index (χ1n) is 5.08. The van der Waals surface area contributed by atoms with Crippen LogP contribution in [0, 0.1) is 0 Å². The number of aromatic nitrogens is 2. The summed E-state index contributed by atoms with van der Waals surface area (Å²) in [6.07, 6.45) is 0. The Morgan fingerprint density at radius 1 is 1.53 bits per heavy atom. The molecule has 0 fully saturated rings. The average Bonchev–Trinajstić information content (AvgIpc) is 2.73. The summed E-state index contributed by atoms with van der Waals surface area (Å²) in [5.74, 6) is -0.241. The molecule has 1 aromatic rings. The predicted molar refractivity (Wildman–Crippen MR) is 66.6 cm³/mol. The van der Waals surface area contributed by atoms with Crippen molar-refractivity contribution in [3.63, 3.8) is 0 Å². The van der Waals surface area contributed by atoms with Crippen LogP contribution in [0.1, 0.15) is 9.80 Å². The Bertz CT molecular complexity index is 361. The monoisotopic (exact) mass is 278 g/mol. The maximum Gasteiger partial charge on any atom is 0.282 e. The molecule has 1 aromatic heterocycles. The maximum absolute atomic E-state index is 11.5. The molecule has 0 saturated heterocycles. The number of likely N-dealkylation sites (N-methyl/N-ethyl adjacent to an activating group) is 1. The average molecular weight is 279 g/mol. The Morgan fingerprint density at radius 3 is 2.88 bits per heavy atom. The highest BCUT2D eigenvalue weighted by Crippen LogP contribution is 2.14. The summed E-state index contributed by atoms with van der Waals surface area (Å²) in [5.41, 5.74) is 0. The van der Waals surface area contributed by atoms with E-state index in [0.29, 0.717) is 13.2 Å². The topological polar surface area (TPSA) is 67.3 Å². The molecule has 0 saturated carbocycles. The van der Waals surface area contributed by atoms with Gasteiger partial charge in [0.2, 0.25) is 9.47 Å². The van der Waals surface area contributed by atoms with E-state index in [9.17, 15) is 4.79 Å². The molecule has 1 heterocycles. The molecule has 0 radical (unpaired) electrons. The number of nitrogens with zero attached hydrogens (tertiary/aromatic N) is 3. The van der Waals surface area contributed by atoms with Crippen LogP contribution in [-0.4, -0.2) is 61.4 Å². The lowest BCUT2D eigenvalue weighted by Crippen LogP contribution is -2.34. The van der Waals surface area contributed by atoms with E-state index in [1.807, 2.05) is 7.05 Å². The fraction of sp³-hybridized carbons (Fsp3) is 0.667. The van der Waals surface area contributed by atoms with E-state index in [2.05, 4.69) is 20.4 Å². The van der Waals surface area contributed by atoms with Crippen molar-refractivity contribution in [1.82, 2.24) is 20.4 Å². The first kappa shape index (κ1) is 14.3. The van der Waals surface area contributed by atoms with Gasteiger partial charge in [-0.1, -0.05) is 11.3 Å². The van der Waals surface area contributed by atoms with Crippen LogP contribution in [0.3, 0.4) is 0 Å². The van der Waals surface area contributed by atoms with Crippen LogP contribution in [0.5, 0.6) is 0 Å². The second-order valence-corrected chi connectivity index (χ2v) is 4.97. The van der Waals surface area contributed by atoms with Crippen LogP contribution in [0.4, 0.5) is 0 Å². The zero-order valence-electron chi connectivity index (χ0n) is 9.77. The van der Waals surface area contributed by atoms with Crippen LogP contribution in [0.2, 0.25) is 4.47 Å². The van der Waals surface area contributed by atoms with Crippen molar-refractivity contribution in [3.05, 3.63) is 9.47 Å². The normalized spacial score (nSPS) is 10.8. The van der Waals surface area contributed by atoms with Crippen molar-refractivity contribution in [2.24, 2.45) is 0 Å². The van der Waals surface area contributed by atoms with Crippen molar-refractivity contribution in [2.45, 2.75) is 0 Å². The molecule has 1 N–H and O–H groups in total. The highest BCUT2D eigenvalue weighted by molar-refractivity contribution is 7.17. The molecule has 0 aliphatic carbocycles. The number of rotatable bonds is 7. The smallest absolute Gasteiger partial charge is 0.282 e. The minimum Gasteiger partial charge on any atom is -0.383 e. The zero-order chi connectivity index (χ0) is 12.7. The van der Waals surface area contributed by atoms with Gasteiger partial charge < -0.3 is 15.0 Å². The Kier molecular flexibility index (Phi) is 6.35. The van der Waals surface area contributed by atoms with Gasteiger partial charge in [0.15, 0.2) is 0 Å². The van der Waals surface area contributed by atoms with E-state index in [1.165, 1.54) is 0 Å². The first-order valence-corrected chi connectivity index (χ1v) is 6.27. The number of amides is 1. The molecule has 96 valence electrons. The van der Waals surface area contributed by atoms with Gasteiger partial charge in [0, 0.05) is 26.7 Å². The number of hydrogen-bond acceptors (Lipinski definition) is 6. The molecule has 0 atom stereocenters. The summed E-state index contributed by atoms with van der Waals surface area (Å²) in [6.45, 7) is 2.81. The maximum atomic E-state index is 11.5. The Labute approximate surface area is 109 Å². The zero-order valence-corrected chi connectivity index (χ0v) is 11.3. The molecular weight excluding hydrogens is 264 g/mol. The molecule has 0 bridgehead atoms. The number of methoxy groups -OCH3 is 1. The van der Waals surface area contributed by atoms with Crippen molar-refractivity contribution in [2.75, 3.05) is 40.4 Å². The highest BCUT2D eigenvalue weighted by Gasteiger charge is 2.11. The molecular formula is C9H15ClN4O2S. The number of carbonyl (C=O) groups excluding carboxylic acids is 1. The number of ether oxygens (including phenoxy) is 1. The van der Waals surface area contributed by atoms with Crippen molar-refractivity contribution >= 4 is 28.8 Å². The second-order valence-electron chi connectivity index (χ2n) is 3.41. The van der Waals surface area contributed by atoms with Gasteiger partial charge in [-0.3, -0.25) is 4.79 Å². The number of carbonyl (C=O) groups is 1. The summed E-state index contributed by atoms with van der Waals surface area (Å²) in [7, 11) is 3.63. The fourth-order valence-corrected chi connectivity index (χ4v) is 1.84. The SMILES string of the molecule is COCCN(C)CCNC(=O)c1nnc(Cl)s1. The van der Waals surface area contributed by atoms with Crippen LogP contribution in [-0.2, 0) is 4.74 Å². The lowest BCUT2D eigenvalue weighted by Gasteiger charge is -2.15. The van der Waals surface area contributed by atoms with Gasteiger partial charge in [-0.25, -0.2) is 0 Å². The summed E-state index contributed by atoms with van der Waals surface area (Å²) in [5, 5.41) is 10.3. The van der Waals surface area contributed by atoms with Crippen LogP contribution in [0.25, 0.3) is 0 Å². The van der Waals surface area contributed by atoms with Crippen LogP contribution in [0.15, 0.2) is 0 Å². The Morgan fingerprint density at radius 2 is 2.29 bits per heavy atom. The third kappa shape index (κ3) is 5.40. The van der Waals surface area contributed by atoms with E-state index in [0.717, 1.165) is 24.4 Å². The highest BCUT2D eigenvalue weighted by atomic mass is 35.5. The molecule has 6 nitrogen and oxygen atoms in total. The largest absolute Gasteiger partial charge is 0.383 e. The lowest BCUT2D eigenvalue weighted by molar-refractivity contribution is 0.0946. The van der Waals surface area contributed by atoms with Gasteiger partial charge in [-0.15, -0.1) is 10.2 Å². The number of nitrogens with one attached hydrogen (secondary N) is 1. The molecule has 0 spiro atoms. The summed E-state index contributed by atoms with van der Waals surface area (Å²) in [4.78, 5) is 13.6. The molecule has 17 heavy (non-hydrogen) atoms. The molecule has 8 heteroatoms. The fourth-order valence-electron chi connectivity index (χ4n) is 1.09. The lowest BCUT2D eigenvalue weighted by atomic mass is 10.5. The van der Waals surface area contributed by atoms with Crippen molar-refractivity contribution in [3.8, 4) is 0 Å². The summed E-state index contributed by atoms with van der Waals surface area (Å²) >= 11 is 6.66. The minimum atomic E-state index is -0.241. The molecule has 0 aliphatic heterocycles. The quantitative estimate of drug-likeness (QED) is 0.787. The molecule has 0 aromatic carbocycles. The van der Waals surface area contributed by atoms with E-state index in [-0.39, 0.29) is 15.4 Å². The summed E-state index contributed by atoms with van der Waals surface area (Å²) in [6, 6.07) is 0. The van der Waals surface area contributed by atoms with Gasteiger partial charge in [-0.05, 0) is 18.6 Å². The van der Waals surface area contributed by atoms with Crippen LogP contribution < -0.4 is 5.32 Å². The molecule has 0 unspecified atom stereocenters. The molecule has 1 rings (SSSR count). The number of hydrogen-bond donors (Lipinski definition) is 1. The Balaban J connectivity index is 2.20. The standard InChI is InChI=1S/C9H15ClN4O2S/c1-14(5-6-16-2)4-3-11-7(15)8-12-13-9(10)17-8/h3-6H2,1-2H3,(H,11,15). The summed E-state index contributed by atoms with van der Waals surface area (Å²) < 4.78 is 5.22. The molecule has 1 amide bonds. The molecule has 0 aliphatic rings. The predicted octanol–water partition coefficient (Wildman–Crippen LogP) is 0.499. The third-order valence-corrected chi connectivity index (χ3v) is 3.07. The minimum absolute atomic E-state index is 0.241. The van der Waals surface area contributed by atoms with Gasteiger partial charge in [0.25, 0.3) is 5.91 Å². The second kappa shape index (κ2) is 7.54. The van der Waals surface area contributed by atoms with Gasteiger partial charge >= 0.3 is 0 Å². The van der Waals surface area contributed by atoms with E-state index in [1.54, 1.807) is 7.11 Å². The third-order valence-electron chi connectivity index (χ3n) is 2.05. The van der Waals surface area contributed by atoms with Crippen LogP contribution >= 0.6 is 22.9 Å². The van der Waals surface area contributed by atoms with Crippen molar-refractivity contribution in [1.29, 1.82) is 0 Å².